The summed E-state index contributed by atoms with van der Waals surface area (Å²) < 4.78 is 0. The molecule has 3 rings (SSSR count). The van der Waals surface area contributed by atoms with Crippen molar-refractivity contribution in [1.29, 1.82) is 5.41 Å². The largest absolute Gasteiger partial charge is 0.384 e. The van der Waals surface area contributed by atoms with Crippen molar-refractivity contribution in [3.63, 3.8) is 0 Å². The first-order valence-electron chi connectivity index (χ1n) is 6.88. The molecule has 1 aromatic carbocycles. The lowest BCUT2D eigenvalue weighted by Crippen LogP contribution is -2.39. The number of piperidine rings is 1. The van der Waals surface area contributed by atoms with Gasteiger partial charge in [-0.25, -0.2) is 4.99 Å². The third-order valence-corrected chi connectivity index (χ3v) is 4.29. The van der Waals surface area contributed by atoms with Gasteiger partial charge >= 0.3 is 0 Å². The third-order valence-electron chi connectivity index (χ3n) is 4.29. The molecule has 1 amide bonds. The van der Waals surface area contributed by atoms with Crippen LogP contribution in [0.5, 0.6) is 0 Å². The molecule has 5 heteroatoms. The van der Waals surface area contributed by atoms with Gasteiger partial charge < -0.3 is 11.1 Å². The van der Waals surface area contributed by atoms with Crippen LogP contribution in [0.3, 0.4) is 0 Å². The number of nitrogens with two attached hydrogens (primary N) is 1. The van der Waals surface area contributed by atoms with E-state index in [2.05, 4.69) is 10.3 Å². The van der Waals surface area contributed by atoms with Gasteiger partial charge in [0.2, 0.25) is 0 Å². The highest BCUT2D eigenvalue weighted by molar-refractivity contribution is 6.14. The van der Waals surface area contributed by atoms with Gasteiger partial charge in [0.1, 0.15) is 5.84 Å². The zero-order valence-corrected chi connectivity index (χ0v) is 11.3. The van der Waals surface area contributed by atoms with Crippen LogP contribution in [-0.2, 0) is 4.79 Å². The van der Waals surface area contributed by atoms with Crippen LogP contribution in [0.1, 0.15) is 30.4 Å². The molecule has 0 saturated carbocycles. The molecule has 5 nitrogen and oxygen atoms in total. The summed E-state index contributed by atoms with van der Waals surface area (Å²) in [5, 5.41) is 10.7. The van der Waals surface area contributed by atoms with Crippen LogP contribution >= 0.6 is 0 Å². The van der Waals surface area contributed by atoms with E-state index in [4.69, 9.17) is 11.1 Å². The molecule has 1 fully saturated rings. The Hall–Kier alpha value is -2.01. The molecule has 0 aliphatic carbocycles. The Morgan fingerprint density at radius 3 is 2.50 bits per heavy atom. The van der Waals surface area contributed by atoms with Gasteiger partial charge in [-0.1, -0.05) is 24.3 Å². The fraction of sp³-hybridized carbons (Fsp3) is 0.400. The van der Waals surface area contributed by atoms with Gasteiger partial charge in [-0.3, -0.25) is 10.2 Å². The fourth-order valence-corrected chi connectivity index (χ4v) is 2.98. The van der Waals surface area contributed by atoms with Crippen molar-refractivity contribution in [2.24, 2.45) is 16.1 Å². The van der Waals surface area contributed by atoms with Crippen molar-refractivity contribution < 1.29 is 4.79 Å². The van der Waals surface area contributed by atoms with E-state index in [0.717, 1.165) is 43.6 Å². The van der Waals surface area contributed by atoms with Gasteiger partial charge in [-0.15, -0.1) is 0 Å². The first-order chi connectivity index (χ1) is 9.61. The minimum atomic E-state index is -0.278. The van der Waals surface area contributed by atoms with E-state index in [1.807, 2.05) is 12.1 Å². The van der Waals surface area contributed by atoms with Gasteiger partial charge in [0.15, 0.2) is 0 Å². The average molecular weight is 270 g/mol. The van der Waals surface area contributed by atoms with Gasteiger partial charge in [0.05, 0.1) is 11.1 Å². The van der Waals surface area contributed by atoms with E-state index in [-0.39, 0.29) is 17.2 Å². The van der Waals surface area contributed by atoms with E-state index in [9.17, 15) is 4.79 Å². The topological polar surface area (TPSA) is 91.3 Å². The predicted octanol–water partition coefficient (Wildman–Crippen LogP) is 1.06. The first kappa shape index (κ1) is 13.0. The van der Waals surface area contributed by atoms with Crippen molar-refractivity contribution in [2.45, 2.75) is 19.3 Å². The second kappa shape index (κ2) is 4.83. The highest BCUT2D eigenvalue weighted by Gasteiger charge is 2.44. The number of carbonyl (C=O) groups excluding carboxylic acids is 1. The summed E-state index contributed by atoms with van der Waals surface area (Å²) in [5.74, 6) is 0.0838. The van der Waals surface area contributed by atoms with E-state index in [1.54, 1.807) is 12.1 Å². The molecule has 20 heavy (non-hydrogen) atoms. The normalized spacial score (nSPS) is 21.0. The molecule has 0 radical (unpaired) electrons. The summed E-state index contributed by atoms with van der Waals surface area (Å²) in [6.45, 7) is 1.77. The minimum Gasteiger partial charge on any atom is -0.384 e. The van der Waals surface area contributed by atoms with Crippen LogP contribution in [0.15, 0.2) is 29.3 Å². The summed E-state index contributed by atoms with van der Waals surface area (Å²) in [6, 6.07) is 7.39. The Labute approximate surface area is 117 Å². The zero-order valence-electron chi connectivity index (χ0n) is 11.3. The lowest BCUT2D eigenvalue weighted by molar-refractivity contribution is -0.127. The lowest BCUT2D eigenvalue weighted by Gasteiger charge is -2.30. The quantitative estimate of drug-likeness (QED) is 0.554. The van der Waals surface area contributed by atoms with Crippen molar-refractivity contribution in [1.82, 2.24) is 5.32 Å². The highest BCUT2D eigenvalue weighted by atomic mass is 16.1. The van der Waals surface area contributed by atoms with Crippen LogP contribution in [0, 0.1) is 10.8 Å². The number of rotatable bonds is 2. The lowest BCUT2D eigenvalue weighted by atomic mass is 9.75. The van der Waals surface area contributed by atoms with E-state index in [1.165, 1.54) is 0 Å². The number of carbonyl (C=O) groups is 1. The highest BCUT2D eigenvalue weighted by Crippen LogP contribution is 2.40. The number of hydrogen-bond donors (Lipinski definition) is 3. The number of hydrogen-bond acceptors (Lipinski definition) is 3. The number of nitrogens with one attached hydrogen (secondary N) is 2. The summed E-state index contributed by atoms with van der Waals surface area (Å²) in [4.78, 5) is 16.5. The Balaban J connectivity index is 1.83. The molecule has 0 unspecified atom stereocenters. The summed E-state index contributed by atoms with van der Waals surface area (Å²) in [7, 11) is 0. The minimum absolute atomic E-state index is 0.0321. The molecule has 2 aliphatic rings. The van der Waals surface area contributed by atoms with Gasteiger partial charge in [0.25, 0.3) is 5.91 Å². The Morgan fingerprint density at radius 1 is 1.25 bits per heavy atom. The standard InChI is InChI=1S/C15H18N4O/c16-13(17)11-3-1-10(2-4-11)12-9-15(14(20)19-12)5-7-18-8-6-15/h1-4,18H,5-9H2,(H3,16,17). The van der Waals surface area contributed by atoms with Crippen molar-refractivity contribution >= 4 is 17.5 Å². The van der Waals surface area contributed by atoms with Crippen LogP contribution in [0.4, 0.5) is 0 Å². The maximum absolute atomic E-state index is 12.2. The van der Waals surface area contributed by atoms with Gasteiger partial charge in [-0.05, 0) is 31.5 Å². The first-order valence-corrected chi connectivity index (χ1v) is 6.88. The van der Waals surface area contributed by atoms with E-state index < -0.39 is 0 Å². The zero-order chi connectivity index (χ0) is 14.2. The van der Waals surface area contributed by atoms with E-state index in [0.29, 0.717) is 5.56 Å². The molecule has 104 valence electrons. The number of nitrogen functional groups attached to an aromatic ring is 1. The van der Waals surface area contributed by atoms with E-state index >= 15 is 0 Å². The average Bonchev–Trinajstić information content (AvgIpc) is 2.77. The molecule has 2 heterocycles. The Kier molecular flexibility index (Phi) is 3.14. The number of nitrogens with zero attached hydrogens (tertiary/aromatic N) is 1. The molecule has 0 bridgehead atoms. The molecule has 2 aliphatic heterocycles. The van der Waals surface area contributed by atoms with Crippen LogP contribution in [-0.4, -0.2) is 30.5 Å². The summed E-state index contributed by atoms with van der Waals surface area (Å²) >= 11 is 0. The second-order valence-electron chi connectivity index (χ2n) is 5.56. The SMILES string of the molecule is N=C(N)c1ccc(C2=NC(=O)C3(CCNCC3)C2)cc1. The van der Waals surface area contributed by atoms with Gasteiger partial charge in [0, 0.05) is 12.0 Å². The monoisotopic (exact) mass is 270 g/mol. The van der Waals surface area contributed by atoms with Gasteiger partial charge in [-0.2, -0.15) is 0 Å². The third kappa shape index (κ3) is 2.14. The van der Waals surface area contributed by atoms with Crippen molar-refractivity contribution in [3.8, 4) is 0 Å². The van der Waals surface area contributed by atoms with Crippen LogP contribution < -0.4 is 11.1 Å². The molecule has 1 saturated heterocycles. The molecule has 1 aromatic rings. The van der Waals surface area contributed by atoms with Crippen molar-refractivity contribution in [2.75, 3.05) is 13.1 Å². The molecule has 0 atom stereocenters. The Morgan fingerprint density at radius 2 is 1.90 bits per heavy atom. The second-order valence-corrected chi connectivity index (χ2v) is 5.56. The van der Waals surface area contributed by atoms with Crippen LogP contribution in [0.25, 0.3) is 0 Å². The summed E-state index contributed by atoms with van der Waals surface area (Å²) in [5.41, 5.74) is 7.68. The Bertz CT molecular complexity index is 582. The molecule has 0 aromatic heterocycles. The molecular formula is C15H18N4O. The maximum atomic E-state index is 12.2. The molecule has 1 spiro atoms. The number of aliphatic imine (C=N–C) groups is 1. The number of amides is 1. The predicted molar refractivity (Wildman–Crippen MR) is 78.2 cm³/mol. The summed E-state index contributed by atoms with van der Waals surface area (Å²) in [6.07, 6.45) is 2.46. The smallest absolute Gasteiger partial charge is 0.252 e. The number of amidine groups is 1. The molecule has 4 N–H and O–H groups in total. The fourth-order valence-electron chi connectivity index (χ4n) is 2.98. The number of benzene rings is 1. The van der Waals surface area contributed by atoms with Crippen LogP contribution in [0.2, 0.25) is 0 Å². The maximum Gasteiger partial charge on any atom is 0.252 e. The molecular weight excluding hydrogens is 252 g/mol. The van der Waals surface area contributed by atoms with Crippen molar-refractivity contribution in [3.05, 3.63) is 35.4 Å².